The Balaban J connectivity index is 1.70. The number of halogens is 3. The van der Waals surface area contributed by atoms with Crippen LogP contribution in [0.15, 0.2) is 85.0 Å². The molecule has 0 saturated carbocycles. The second kappa shape index (κ2) is 11.9. The lowest BCUT2D eigenvalue weighted by Crippen LogP contribution is -1.97. The van der Waals surface area contributed by atoms with Crippen molar-refractivity contribution < 1.29 is 22.6 Å². The molecule has 0 aliphatic rings. The predicted molar refractivity (Wildman–Crippen MR) is 132 cm³/mol. The Kier molecular flexibility index (Phi) is 8.74. The molecule has 176 valence electrons. The summed E-state index contributed by atoms with van der Waals surface area (Å²) >= 11 is 0. The second-order valence-electron chi connectivity index (χ2n) is 7.56. The third-order valence-electron chi connectivity index (χ3n) is 5.39. The van der Waals surface area contributed by atoms with Crippen molar-refractivity contribution in [2.75, 3.05) is 14.2 Å². The van der Waals surface area contributed by atoms with E-state index in [-0.39, 0.29) is 11.4 Å². The predicted octanol–water partition coefficient (Wildman–Crippen LogP) is 7.94. The Hall–Kier alpha value is -3.73. The van der Waals surface area contributed by atoms with Gasteiger partial charge in [0.15, 0.2) is 11.6 Å². The molecule has 34 heavy (non-hydrogen) atoms. The summed E-state index contributed by atoms with van der Waals surface area (Å²) in [6.45, 7) is 1.85. The summed E-state index contributed by atoms with van der Waals surface area (Å²) in [5.74, 6) is -0.992. The van der Waals surface area contributed by atoms with Crippen molar-refractivity contribution >= 4 is 5.57 Å². The van der Waals surface area contributed by atoms with Crippen LogP contribution < -0.4 is 9.47 Å². The molecular weight excluding hydrogens is 437 g/mol. The molecule has 0 N–H and O–H groups in total. The summed E-state index contributed by atoms with van der Waals surface area (Å²) in [5.41, 5.74) is 2.24. The number of methoxy groups -OCH3 is 2. The number of hydrogen-bond donors (Lipinski definition) is 0. The first kappa shape index (κ1) is 24.9. The van der Waals surface area contributed by atoms with Crippen molar-refractivity contribution in [3.63, 3.8) is 0 Å². The van der Waals surface area contributed by atoms with Crippen LogP contribution in [-0.2, 0) is 6.42 Å². The summed E-state index contributed by atoms with van der Waals surface area (Å²) in [4.78, 5) is 0. The van der Waals surface area contributed by atoms with E-state index in [9.17, 15) is 13.2 Å². The molecule has 0 amide bonds. The van der Waals surface area contributed by atoms with Gasteiger partial charge in [-0.3, -0.25) is 0 Å². The fraction of sp³-hybridized carbons (Fsp3) is 0.172. The molecule has 5 heteroatoms. The Morgan fingerprint density at radius 1 is 0.853 bits per heavy atom. The van der Waals surface area contributed by atoms with Gasteiger partial charge in [0.25, 0.3) is 0 Å². The Morgan fingerprint density at radius 2 is 1.56 bits per heavy atom. The molecule has 3 aromatic carbocycles. The number of rotatable bonds is 9. The normalized spacial score (nSPS) is 12.0. The number of ether oxygens (including phenoxy) is 2. The maximum atomic E-state index is 14.7. The van der Waals surface area contributed by atoms with E-state index in [4.69, 9.17) is 9.47 Å². The van der Waals surface area contributed by atoms with Crippen LogP contribution in [0.4, 0.5) is 13.2 Å². The van der Waals surface area contributed by atoms with Crippen molar-refractivity contribution in [1.82, 2.24) is 0 Å². The average Bonchev–Trinajstić information content (AvgIpc) is 2.86. The van der Waals surface area contributed by atoms with Crippen LogP contribution in [-0.4, -0.2) is 14.2 Å². The lowest BCUT2D eigenvalue weighted by atomic mass is 10.00. The number of benzene rings is 3. The first-order valence-electron chi connectivity index (χ1n) is 10.9. The molecule has 0 saturated heterocycles. The van der Waals surface area contributed by atoms with Gasteiger partial charge in [-0.05, 0) is 60.7 Å². The average molecular weight is 465 g/mol. The lowest BCUT2D eigenvalue weighted by molar-refractivity contribution is 0.411. The van der Waals surface area contributed by atoms with Gasteiger partial charge < -0.3 is 9.47 Å². The standard InChI is InChI=1S/C29H27F3O2/c1-4-8-20(25-18-16-24(34-3)19-27(25)30)9-6-5-7-10-22-13-17-26(29(32)28(22)31)21-11-14-23(33-2)15-12-21/h4-6,8-9,11-19H,7,10H2,1-3H3/b6-5+,8-4-,20-9+. The van der Waals surface area contributed by atoms with E-state index < -0.39 is 11.6 Å². The molecule has 3 aromatic rings. The van der Waals surface area contributed by atoms with Crippen LogP contribution in [0, 0.1) is 17.5 Å². The summed E-state index contributed by atoms with van der Waals surface area (Å²) in [6.07, 6.45) is 9.90. The molecule has 0 spiro atoms. The van der Waals surface area contributed by atoms with Gasteiger partial charge in [0.1, 0.15) is 17.3 Å². The molecule has 3 rings (SSSR count). The summed E-state index contributed by atoms with van der Waals surface area (Å²) in [7, 11) is 3.04. The zero-order chi connectivity index (χ0) is 24.5. The second-order valence-corrected chi connectivity index (χ2v) is 7.56. The van der Waals surface area contributed by atoms with E-state index in [2.05, 4.69) is 0 Å². The SMILES string of the molecule is C\C=C/C(=C\C=C\CCc1ccc(-c2ccc(OC)cc2)c(F)c1F)c1ccc(OC)cc1F. The van der Waals surface area contributed by atoms with E-state index in [1.54, 1.807) is 67.8 Å². The highest BCUT2D eigenvalue weighted by Crippen LogP contribution is 2.28. The van der Waals surface area contributed by atoms with Gasteiger partial charge in [-0.1, -0.05) is 54.6 Å². The molecule has 0 bridgehead atoms. The highest BCUT2D eigenvalue weighted by molar-refractivity contribution is 5.75. The van der Waals surface area contributed by atoms with Crippen molar-refractivity contribution in [2.45, 2.75) is 19.8 Å². The lowest BCUT2D eigenvalue weighted by Gasteiger charge is -2.09. The largest absolute Gasteiger partial charge is 0.497 e. The van der Waals surface area contributed by atoms with E-state index in [1.165, 1.54) is 13.2 Å². The van der Waals surface area contributed by atoms with Crippen LogP contribution in [0.2, 0.25) is 0 Å². The number of aryl methyl sites for hydroxylation is 1. The van der Waals surface area contributed by atoms with E-state index in [0.717, 1.165) is 0 Å². The Bertz CT molecular complexity index is 1210. The topological polar surface area (TPSA) is 18.5 Å². The van der Waals surface area contributed by atoms with Crippen LogP contribution in [0.25, 0.3) is 16.7 Å². The Labute approximate surface area is 198 Å². The minimum Gasteiger partial charge on any atom is -0.497 e. The molecule has 0 heterocycles. The summed E-state index contributed by atoms with van der Waals surface area (Å²) in [5, 5.41) is 0. The molecule has 0 fully saturated rings. The van der Waals surface area contributed by atoms with Crippen molar-refractivity contribution in [1.29, 1.82) is 0 Å². The first-order valence-corrected chi connectivity index (χ1v) is 10.9. The smallest absolute Gasteiger partial charge is 0.166 e. The Morgan fingerprint density at radius 3 is 2.21 bits per heavy atom. The first-order chi connectivity index (χ1) is 16.5. The minimum atomic E-state index is -0.864. The van der Waals surface area contributed by atoms with Gasteiger partial charge in [0, 0.05) is 17.2 Å². The monoisotopic (exact) mass is 464 g/mol. The third kappa shape index (κ3) is 5.98. The third-order valence-corrected chi connectivity index (χ3v) is 5.39. The van der Waals surface area contributed by atoms with Crippen molar-refractivity contribution in [3.8, 4) is 22.6 Å². The zero-order valence-corrected chi connectivity index (χ0v) is 19.4. The molecule has 0 aliphatic heterocycles. The molecule has 0 radical (unpaired) electrons. The maximum absolute atomic E-state index is 14.7. The van der Waals surface area contributed by atoms with Crippen molar-refractivity contribution in [2.24, 2.45) is 0 Å². The zero-order valence-electron chi connectivity index (χ0n) is 19.4. The molecule has 0 aliphatic carbocycles. The number of allylic oxidation sites excluding steroid dienone is 6. The van der Waals surface area contributed by atoms with Gasteiger partial charge in [-0.25, -0.2) is 13.2 Å². The van der Waals surface area contributed by atoms with E-state index >= 15 is 0 Å². The van der Waals surface area contributed by atoms with Gasteiger partial charge >= 0.3 is 0 Å². The highest BCUT2D eigenvalue weighted by atomic mass is 19.2. The van der Waals surface area contributed by atoms with Gasteiger partial charge in [0.05, 0.1) is 14.2 Å². The molecule has 0 aromatic heterocycles. The fourth-order valence-corrected chi connectivity index (χ4v) is 3.55. The van der Waals surface area contributed by atoms with E-state index in [0.29, 0.717) is 46.6 Å². The molecular formula is C29H27F3O2. The fourth-order valence-electron chi connectivity index (χ4n) is 3.55. The maximum Gasteiger partial charge on any atom is 0.166 e. The van der Waals surface area contributed by atoms with E-state index in [1.807, 2.05) is 25.2 Å². The van der Waals surface area contributed by atoms with Crippen LogP contribution in [0.5, 0.6) is 11.5 Å². The number of hydrogen-bond acceptors (Lipinski definition) is 2. The summed E-state index contributed by atoms with van der Waals surface area (Å²) in [6, 6.07) is 14.7. The molecule has 2 nitrogen and oxygen atoms in total. The van der Waals surface area contributed by atoms with Crippen molar-refractivity contribution in [3.05, 3.63) is 114 Å². The van der Waals surface area contributed by atoms with Crippen LogP contribution in [0.3, 0.4) is 0 Å². The van der Waals surface area contributed by atoms with Crippen LogP contribution >= 0.6 is 0 Å². The summed E-state index contributed by atoms with van der Waals surface area (Å²) < 4.78 is 53.9. The van der Waals surface area contributed by atoms with Crippen LogP contribution in [0.1, 0.15) is 24.5 Å². The van der Waals surface area contributed by atoms with Gasteiger partial charge in [-0.15, -0.1) is 0 Å². The minimum absolute atomic E-state index is 0.208. The molecule has 0 atom stereocenters. The highest BCUT2D eigenvalue weighted by Gasteiger charge is 2.14. The quantitative estimate of drug-likeness (QED) is 0.299. The van der Waals surface area contributed by atoms with Gasteiger partial charge in [0.2, 0.25) is 0 Å². The molecule has 0 unspecified atom stereocenters. The van der Waals surface area contributed by atoms with Gasteiger partial charge in [-0.2, -0.15) is 0 Å².